The van der Waals surface area contributed by atoms with Gasteiger partial charge in [0.25, 0.3) is 6.20 Å². The van der Waals surface area contributed by atoms with Crippen molar-refractivity contribution in [3.63, 3.8) is 0 Å². The highest BCUT2D eigenvalue weighted by Gasteiger charge is 2.14. The second-order valence-electron chi connectivity index (χ2n) is 6.21. The van der Waals surface area contributed by atoms with Crippen LogP contribution in [0.1, 0.15) is 17.9 Å². The van der Waals surface area contributed by atoms with Crippen LogP contribution in [0.3, 0.4) is 0 Å². The second-order valence-corrected chi connectivity index (χ2v) is 7.31. The Hall–Kier alpha value is -2.77. The molecule has 0 aromatic carbocycles. The van der Waals surface area contributed by atoms with E-state index in [1.807, 2.05) is 26.2 Å². The molecule has 0 spiro atoms. The second kappa shape index (κ2) is 15.1. The normalized spacial score (nSPS) is 12.0. The molecule has 13 heteroatoms. The van der Waals surface area contributed by atoms with Gasteiger partial charge in [-0.25, -0.2) is 0 Å². The fraction of sp³-hybridized carbons (Fsp3) is 0.529. The van der Waals surface area contributed by atoms with Gasteiger partial charge < -0.3 is 35.9 Å². The van der Waals surface area contributed by atoms with Crippen molar-refractivity contribution in [1.82, 2.24) is 15.5 Å². The minimum Gasteiger partial charge on any atom is -0.481 e. The molecule has 0 saturated heterocycles. The van der Waals surface area contributed by atoms with Crippen molar-refractivity contribution in [2.75, 3.05) is 33.4 Å². The molecule has 0 aliphatic rings. The Morgan fingerprint density at radius 3 is 2.47 bits per heavy atom. The van der Waals surface area contributed by atoms with E-state index in [-0.39, 0.29) is 0 Å². The number of carboxylic acid groups (broad SMARTS) is 2. The average molecular weight is 448 g/mol. The summed E-state index contributed by atoms with van der Waals surface area (Å²) in [7, 11) is 5.64. The summed E-state index contributed by atoms with van der Waals surface area (Å²) in [6.07, 6.45) is 0.389. The number of rotatable bonds is 13. The molecule has 0 aliphatic heterocycles. The summed E-state index contributed by atoms with van der Waals surface area (Å²) < 4.78 is 5.70. The minimum absolute atomic E-state index is 0.409. The van der Waals surface area contributed by atoms with E-state index in [2.05, 4.69) is 15.5 Å². The molecule has 0 bridgehead atoms. The number of nitrogens with zero attached hydrogens (tertiary/aromatic N) is 2. The Bertz CT molecular complexity index is 708. The van der Waals surface area contributed by atoms with Gasteiger partial charge in [0.15, 0.2) is 5.82 Å². The van der Waals surface area contributed by atoms with Gasteiger partial charge in [0.1, 0.15) is 17.6 Å². The largest absolute Gasteiger partial charge is 0.481 e. The van der Waals surface area contributed by atoms with Crippen molar-refractivity contribution >= 4 is 23.7 Å². The zero-order valence-corrected chi connectivity index (χ0v) is 18.0. The van der Waals surface area contributed by atoms with Crippen molar-refractivity contribution in [2.24, 2.45) is 5.73 Å². The molecule has 0 amide bonds. The van der Waals surface area contributed by atoms with Crippen LogP contribution in [0, 0.1) is 10.1 Å². The molecule has 1 heterocycles. The number of thioether (sulfide) groups is 1. The summed E-state index contributed by atoms with van der Waals surface area (Å²) in [6.45, 7) is 1.44. The summed E-state index contributed by atoms with van der Waals surface area (Å²) in [4.78, 5) is 31.5. The third kappa shape index (κ3) is 14.3. The van der Waals surface area contributed by atoms with E-state index in [1.165, 1.54) is 0 Å². The Labute approximate surface area is 178 Å². The highest BCUT2D eigenvalue weighted by molar-refractivity contribution is 7.98. The first kappa shape index (κ1) is 27.2. The summed E-state index contributed by atoms with van der Waals surface area (Å²) in [5, 5.41) is 32.1. The Balaban J connectivity index is 0.000000787. The molecule has 12 nitrogen and oxygen atoms in total. The minimum atomic E-state index is -1.29. The fourth-order valence-electron chi connectivity index (χ4n) is 1.91. The van der Waals surface area contributed by atoms with Crippen molar-refractivity contribution in [3.8, 4) is 0 Å². The van der Waals surface area contributed by atoms with E-state index in [0.717, 1.165) is 35.8 Å². The van der Waals surface area contributed by atoms with Crippen LogP contribution in [0.15, 0.2) is 28.6 Å². The topological polar surface area (TPSA) is 184 Å². The van der Waals surface area contributed by atoms with Crippen molar-refractivity contribution in [2.45, 2.75) is 24.8 Å². The van der Waals surface area contributed by atoms with Crippen molar-refractivity contribution in [3.05, 3.63) is 45.8 Å². The number of carbonyl (C=O) groups is 2. The molecule has 30 heavy (non-hydrogen) atoms. The summed E-state index contributed by atoms with van der Waals surface area (Å²) in [5.74, 6) is 1.45. The predicted octanol–water partition coefficient (Wildman–Crippen LogP) is 0.332. The van der Waals surface area contributed by atoms with E-state index in [0.29, 0.717) is 12.4 Å². The smallest absolute Gasteiger partial charge is 0.321 e. The standard InChI is InChI=1S/C13H22N4O3S.C4H7NO4/c1-14-13(9-17(18)19)15-6-7-21-10-12-5-4-11(20-12)8-16(2)3;5-2(4(8)9)1-3(6)7/h4-5,9,14-15H,6-8,10H2,1-3H3;2H,1,5H2,(H,6,7)(H,8,9)/b13-9-;. The Kier molecular flexibility index (Phi) is 13.7. The van der Waals surface area contributed by atoms with E-state index < -0.39 is 29.3 Å². The Morgan fingerprint density at radius 2 is 2.00 bits per heavy atom. The number of hydrogen-bond acceptors (Lipinski definition) is 10. The number of aliphatic carboxylic acids is 2. The van der Waals surface area contributed by atoms with Crippen molar-refractivity contribution in [1.29, 1.82) is 0 Å². The lowest BCUT2D eigenvalue weighted by Crippen LogP contribution is -2.32. The van der Waals surface area contributed by atoms with Crippen LogP contribution >= 0.6 is 11.8 Å². The number of nitrogens with two attached hydrogens (primary N) is 1. The lowest BCUT2D eigenvalue weighted by atomic mass is 10.2. The SMILES string of the molecule is CN/C(=C/[N+](=O)[O-])NCCSCc1ccc(CN(C)C)o1.NC(CC(=O)O)C(=O)O. The molecule has 0 aliphatic carbocycles. The maximum atomic E-state index is 10.3. The zero-order valence-electron chi connectivity index (χ0n) is 17.2. The maximum Gasteiger partial charge on any atom is 0.321 e. The van der Waals surface area contributed by atoms with Gasteiger partial charge in [0.05, 0.1) is 23.6 Å². The molecule has 1 atom stereocenters. The molecule has 1 aromatic rings. The Morgan fingerprint density at radius 1 is 1.37 bits per heavy atom. The van der Waals surface area contributed by atoms with Gasteiger partial charge in [0.2, 0.25) is 0 Å². The number of carboxylic acids is 2. The van der Waals surface area contributed by atoms with E-state index in [9.17, 15) is 19.7 Å². The lowest BCUT2D eigenvalue weighted by molar-refractivity contribution is -0.404. The van der Waals surface area contributed by atoms with Gasteiger partial charge >= 0.3 is 11.9 Å². The van der Waals surface area contributed by atoms with E-state index in [1.54, 1.807) is 18.8 Å². The van der Waals surface area contributed by atoms with E-state index >= 15 is 0 Å². The number of furan rings is 1. The fourth-order valence-corrected chi connectivity index (χ4v) is 2.65. The molecule has 1 aromatic heterocycles. The molecule has 170 valence electrons. The van der Waals surface area contributed by atoms with Gasteiger partial charge in [-0.05, 0) is 26.2 Å². The van der Waals surface area contributed by atoms with Crippen molar-refractivity contribution < 1.29 is 29.1 Å². The molecule has 1 rings (SSSR count). The van der Waals surface area contributed by atoms with Crippen LogP contribution < -0.4 is 16.4 Å². The first-order valence-electron chi connectivity index (χ1n) is 8.82. The first-order valence-corrected chi connectivity index (χ1v) is 9.97. The van der Waals surface area contributed by atoms with E-state index in [4.69, 9.17) is 20.4 Å². The van der Waals surface area contributed by atoms with Gasteiger partial charge in [-0.15, -0.1) is 0 Å². The molecule has 0 fully saturated rings. The van der Waals surface area contributed by atoms with Crippen LogP contribution in [0.5, 0.6) is 0 Å². The number of nitro groups is 1. The van der Waals surface area contributed by atoms with Crippen LogP contribution in [0.2, 0.25) is 0 Å². The highest BCUT2D eigenvalue weighted by Crippen LogP contribution is 2.15. The third-order valence-electron chi connectivity index (χ3n) is 3.21. The molecule has 0 radical (unpaired) electrons. The molecular weight excluding hydrogens is 418 g/mol. The first-order chi connectivity index (χ1) is 14.0. The summed E-state index contributed by atoms with van der Waals surface area (Å²) in [6, 6.07) is 2.69. The number of hydrogen-bond donors (Lipinski definition) is 5. The van der Waals surface area contributed by atoms with Gasteiger partial charge in [-0.1, -0.05) is 0 Å². The molecule has 6 N–H and O–H groups in total. The summed E-state index contributed by atoms with van der Waals surface area (Å²) >= 11 is 1.72. The summed E-state index contributed by atoms with van der Waals surface area (Å²) in [5.41, 5.74) is 4.84. The third-order valence-corrected chi connectivity index (χ3v) is 4.19. The predicted molar refractivity (Wildman–Crippen MR) is 112 cm³/mol. The number of nitrogens with one attached hydrogen (secondary N) is 2. The molecular formula is C17H29N5O7S. The zero-order chi connectivity index (χ0) is 23.1. The van der Waals surface area contributed by atoms with Crippen LogP contribution in [0.4, 0.5) is 0 Å². The maximum absolute atomic E-state index is 10.3. The average Bonchev–Trinajstić information content (AvgIpc) is 3.06. The van der Waals surface area contributed by atoms with Gasteiger partial charge in [-0.3, -0.25) is 19.7 Å². The van der Waals surface area contributed by atoms with Gasteiger partial charge in [0, 0.05) is 19.3 Å². The van der Waals surface area contributed by atoms with Crippen LogP contribution in [-0.2, 0) is 21.9 Å². The van der Waals surface area contributed by atoms with Gasteiger partial charge in [-0.2, -0.15) is 11.8 Å². The van der Waals surface area contributed by atoms with Crippen LogP contribution in [0.25, 0.3) is 0 Å². The molecule has 0 saturated carbocycles. The monoisotopic (exact) mass is 447 g/mol. The highest BCUT2D eigenvalue weighted by atomic mass is 32.2. The quantitative estimate of drug-likeness (QED) is 0.159. The molecule has 1 unspecified atom stereocenters. The lowest BCUT2D eigenvalue weighted by Gasteiger charge is -2.07. The van der Waals surface area contributed by atoms with Crippen LogP contribution in [-0.4, -0.2) is 71.5 Å².